The highest BCUT2D eigenvalue weighted by Gasteiger charge is 2.10. The van der Waals surface area contributed by atoms with Crippen LogP contribution in [0.3, 0.4) is 0 Å². The van der Waals surface area contributed by atoms with Crippen molar-refractivity contribution >= 4 is 29.1 Å². The van der Waals surface area contributed by atoms with Crippen LogP contribution >= 0.6 is 11.6 Å². The molecule has 0 aliphatic rings. The van der Waals surface area contributed by atoms with Crippen LogP contribution in [-0.2, 0) is 0 Å². The Hall–Kier alpha value is -2.66. The molecule has 0 aliphatic heterocycles. The molecule has 2 rings (SSSR count). The summed E-state index contributed by atoms with van der Waals surface area (Å²) in [5, 5.41) is 11.1. The molecule has 0 amide bonds. The lowest BCUT2D eigenvalue weighted by molar-refractivity contribution is -0.384. The Bertz CT molecular complexity index is 756. The summed E-state index contributed by atoms with van der Waals surface area (Å²) in [7, 11) is 1.46. The summed E-state index contributed by atoms with van der Waals surface area (Å²) in [6, 6.07) is 10.8. The summed E-state index contributed by atoms with van der Waals surface area (Å²) in [5.74, 6) is 0.115. The minimum atomic E-state index is -0.487. The van der Waals surface area contributed by atoms with Crippen molar-refractivity contribution in [2.24, 2.45) is 0 Å². The van der Waals surface area contributed by atoms with Crippen molar-refractivity contribution in [1.29, 1.82) is 0 Å². The number of hydrogen-bond acceptors (Lipinski definition) is 4. The van der Waals surface area contributed by atoms with E-state index in [2.05, 4.69) is 0 Å². The molecule has 0 heterocycles. The predicted molar refractivity (Wildman–Crippen MR) is 84.5 cm³/mol. The Morgan fingerprint density at radius 2 is 2.05 bits per heavy atom. The van der Waals surface area contributed by atoms with Gasteiger partial charge >= 0.3 is 0 Å². The number of benzene rings is 2. The van der Waals surface area contributed by atoms with Gasteiger partial charge in [0.2, 0.25) is 0 Å². The van der Waals surface area contributed by atoms with Gasteiger partial charge in [-0.2, -0.15) is 0 Å². The molecule has 0 aromatic heterocycles. The molecule has 6 heteroatoms. The molecule has 112 valence electrons. The molecule has 0 bridgehead atoms. The van der Waals surface area contributed by atoms with Crippen LogP contribution in [0.25, 0.3) is 6.08 Å². The van der Waals surface area contributed by atoms with Crippen molar-refractivity contribution in [2.75, 3.05) is 7.11 Å². The number of ketones is 1. The molecule has 0 unspecified atom stereocenters. The first kappa shape index (κ1) is 15.7. The topological polar surface area (TPSA) is 69.4 Å². The number of nitro groups is 1. The summed E-state index contributed by atoms with van der Waals surface area (Å²) in [5.41, 5.74) is 0.857. The van der Waals surface area contributed by atoms with Gasteiger partial charge in [-0.05, 0) is 29.8 Å². The highest BCUT2D eigenvalue weighted by Crippen LogP contribution is 2.24. The van der Waals surface area contributed by atoms with Crippen molar-refractivity contribution in [3.8, 4) is 5.75 Å². The summed E-state index contributed by atoms with van der Waals surface area (Å²) >= 11 is 5.88. The zero-order chi connectivity index (χ0) is 16.1. The van der Waals surface area contributed by atoms with Gasteiger partial charge in [0.1, 0.15) is 5.75 Å². The van der Waals surface area contributed by atoms with Gasteiger partial charge in [0.25, 0.3) is 5.69 Å². The van der Waals surface area contributed by atoms with Gasteiger partial charge < -0.3 is 4.74 Å². The number of rotatable bonds is 5. The average molecular weight is 318 g/mol. The van der Waals surface area contributed by atoms with Crippen molar-refractivity contribution in [3.63, 3.8) is 0 Å². The zero-order valence-electron chi connectivity index (χ0n) is 11.7. The molecule has 2 aromatic carbocycles. The summed E-state index contributed by atoms with van der Waals surface area (Å²) < 4.78 is 5.12. The maximum Gasteiger partial charge on any atom is 0.270 e. The van der Waals surface area contributed by atoms with Gasteiger partial charge in [-0.25, -0.2) is 0 Å². The third-order valence-electron chi connectivity index (χ3n) is 2.94. The van der Waals surface area contributed by atoms with E-state index < -0.39 is 4.92 Å². The first-order valence-corrected chi connectivity index (χ1v) is 6.69. The van der Waals surface area contributed by atoms with Gasteiger partial charge in [-0.3, -0.25) is 14.9 Å². The SMILES string of the molecule is COc1ccc(Cl)cc1C(=O)/C=C/c1cccc([N+](=O)[O-])c1. The highest BCUT2D eigenvalue weighted by atomic mass is 35.5. The second kappa shape index (κ2) is 6.87. The number of non-ortho nitro benzene ring substituents is 1. The van der Waals surface area contributed by atoms with E-state index in [9.17, 15) is 14.9 Å². The van der Waals surface area contributed by atoms with E-state index >= 15 is 0 Å². The Morgan fingerprint density at radius 3 is 2.73 bits per heavy atom. The average Bonchev–Trinajstić information content (AvgIpc) is 2.52. The number of carbonyl (C=O) groups excluding carboxylic acids is 1. The normalized spacial score (nSPS) is 10.6. The van der Waals surface area contributed by atoms with Gasteiger partial charge in [0.05, 0.1) is 17.6 Å². The standard InChI is InChI=1S/C16H12ClNO4/c1-22-16-8-6-12(17)10-14(16)15(19)7-5-11-3-2-4-13(9-11)18(20)21/h2-10H,1H3/b7-5+. The number of allylic oxidation sites excluding steroid dienone is 1. The van der Waals surface area contributed by atoms with Gasteiger partial charge in [-0.15, -0.1) is 0 Å². The third kappa shape index (κ3) is 3.71. The quantitative estimate of drug-likeness (QED) is 0.359. The van der Waals surface area contributed by atoms with Gasteiger partial charge in [0, 0.05) is 17.2 Å². The summed E-state index contributed by atoms with van der Waals surface area (Å²) in [6.07, 6.45) is 2.84. The van der Waals surface area contributed by atoms with E-state index in [1.807, 2.05) is 0 Å². The van der Waals surface area contributed by atoms with Crippen LogP contribution in [0.2, 0.25) is 5.02 Å². The Labute approximate surface area is 131 Å². The largest absolute Gasteiger partial charge is 0.496 e. The first-order chi connectivity index (χ1) is 10.5. The molecule has 5 nitrogen and oxygen atoms in total. The second-order valence-corrected chi connectivity index (χ2v) is 4.83. The van der Waals surface area contributed by atoms with Crippen LogP contribution in [0, 0.1) is 10.1 Å². The van der Waals surface area contributed by atoms with E-state index in [1.165, 1.54) is 37.5 Å². The van der Waals surface area contributed by atoms with E-state index in [1.54, 1.807) is 24.3 Å². The molecular formula is C16H12ClNO4. The Morgan fingerprint density at radius 1 is 1.27 bits per heavy atom. The summed E-state index contributed by atoms with van der Waals surface area (Å²) in [4.78, 5) is 22.4. The molecule has 0 saturated heterocycles. The first-order valence-electron chi connectivity index (χ1n) is 6.31. The maximum absolute atomic E-state index is 12.2. The van der Waals surface area contributed by atoms with E-state index in [0.29, 0.717) is 21.9 Å². The van der Waals surface area contributed by atoms with E-state index in [-0.39, 0.29) is 11.5 Å². The number of nitro benzene ring substituents is 1. The predicted octanol–water partition coefficient (Wildman–Crippen LogP) is 4.15. The number of halogens is 1. The van der Waals surface area contributed by atoms with Crippen LogP contribution in [0.1, 0.15) is 15.9 Å². The number of hydrogen-bond donors (Lipinski definition) is 0. The number of methoxy groups -OCH3 is 1. The monoisotopic (exact) mass is 317 g/mol. The lowest BCUT2D eigenvalue weighted by Crippen LogP contribution is -1.98. The molecule has 0 spiro atoms. The molecule has 0 N–H and O–H groups in total. The zero-order valence-corrected chi connectivity index (χ0v) is 12.4. The van der Waals surface area contributed by atoms with E-state index in [0.717, 1.165) is 0 Å². The second-order valence-electron chi connectivity index (χ2n) is 4.39. The number of ether oxygens (including phenoxy) is 1. The van der Waals surface area contributed by atoms with Gasteiger partial charge in [-0.1, -0.05) is 29.8 Å². The van der Waals surface area contributed by atoms with Gasteiger partial charge in [0.15, 0.2) is 5.78 Å². The van der Waals surface area contributed by atoms with E-state index in [4.69, 9.17) is 16.3 Å². The molecule has 0 radical (unpaired) electrons. The van der Waals surface area contributed by atoms with Crippen molar-refractivity contribution in [3.05, 3.63) is 74.8 Å². The molecule has 2 aromatic rings. The number of carbonyl (C=O) groups is 1. The minimum Gasteiger partial charge on any atom is -0.496 e. The smallest absolute Gasteiger partial charge is 0.270 e. The fourth-order valence-electron chi connectivity index (χ4n) is 1.88. The van der Waals surface area contributed by atoms with Crippen molar-refractivity contribution in [2.45, 2.75) is 0 Å². The fourth-order valence-corrected chi connectivity index (χ4v) is 2.05. The molecule has 22 heavy (non-hydrogen) atoms. The lowest BCUT2D eigenvalue weighted by Gasteiger charge is -2.05. The molecule has 0 saturated carbocycles. The Kier molecular flexibility index (Phi) is 4.91. The van der Waals surface area contributed by atoms with Crippen LogP contribution in [-0.4, -0.2) is 17.8 Å². The molecular weight excluding hydrogens is 306 g/mol. The fraction of sp³-hybridized carbons (Fsp3) is 0.0625. The molecule has 0 aliphatic carbocycles. The van der Waals surface area contributed by atoms with Crippen molar-refractivity contribution in [1.82, 2.24) is 0 Å². The van der Waals surface area contributed by atoms with Crippen LogP contribution in [0.15, 0.2) is 48.5 Å². The maximum atomic E-state index is 12.2. The number of nitrogens with zero attached hydrogens (tertiary/aromatic N) is 1. The Balaban J connectivity index is 2.27. The molecule has 0 atom stereocenters. The summed E-state index contributed by atoms with van der Waals surface area (Å²) in [6.45, 7) is 0. The van der Waals surface area contributed by atoms with Crippen molar-refractivity contribution < 1.29 is 14.5 Å². The van der Waals surface area contributed by atoms with Crippen LogP contribution < -0.4 is 4.74 Å². The highest BCUT2D eigenvalue weighted by molar-refractivity contribution is 6.31. The minimum absolute atomic E-state index is 0.0325. The third-order valence-corrected chi connectivity index (χ3v) is 3.17. The lowest BCUT2D eigenvalue weighted by atomic mass is 10.1. The molecule has 0 fully saturated rings. The van der Waals surface area contributed by atoms with Crippen LogP contribution in [0.5, 0.6) is 5.75 Å². The van der Waals surface area contributed by atoms with Crippen LogP contribution in [0.4, 0.5) is 5.69 Å².